The van der Waals surface area contributed by atoms with E-state index in [2.05, 4.69) is 5.32 Å². The van der Waals surface area contributed by atoms with Crippen molar-refractivity contribution in [2.24, 2.45) is 5.92 Å². The molecule has 1 aromatic carbocycles. The number of nitrogens with zero attached hydrogens (tertiary/aromatic N) is 1. The fourth-order valence-corrected chi connectivity index (χ4v) is 2.56. The highest BCUT2D eigenvalue weighted by Gasteiger charge is 2.27. The Bertz CT molecular complexity index is 470. The molecule has 114 valence electrons. The first kappa shape index (κ1) is 15.5. The SMILES string of the molecule is COC(=O)CN(Cc1ccccc1)C(=O)[C@@H]1CCCNC1. The lowest BCUT2D eigenvalue weighted by atomic mass is 9.98. The second-order valence-electron chi connectivity index (χ2n) is 5.30. The molecule has 1 aromatic rings. The zero-order valence-electron chi connectivity index (χ0n) is 12.4. The van der Waals surface area contributed by atoms with Crippen LogP contribution in [-0.4, -0.2) is 43.5 Å². The molecule has 1 saturated heterocycles. The van der Waals surface area contributed by atoms with Crippen LogP contribution in [0.3, 0.4) is 0 Å². The molecule has 5 nitrogen and oxygen atoms in total. The fourth-order valence-electron chi connectivity index (χ4n) is 2.56. The van der Waals surface area contributed by atoms with Gasteiger partial charge in [0, 0.05) is 13.1 Å². The van der Waals surface area contributed by atoms with Gasteiger partial charge in [0.05, 0.1) is 13.0 Å². The van der Waals surface area contributed by atoms with Crippen molar-refractivity contribution in [3.05, 3.63) is 35.9 Å². The molecule has 0 bridgehead atoms. The highest BCUT2D eigenvalue weighted by Crippen LogP contribution is 2.15. The number of piperidine rings is 1. The summed E-state index contributed by atoms with van der Waals surface area (Å²) in [6.45, 7) is 2.08. The fraction of sp³-hybridized carbons (Fsp3) is 0.500. The van der Waals surface area contributed by atoms with E-state index >= 15 is 0 Å². The maximum atomic E-state index is 12.6. The first-order chi connectivity index (χ1) is 10.2. The number of ether oxygens (including phenoxy) is 1. The minimum atomic E-state index is -0.386. The Balaban J connectivity index is 2.07. The van der Waals surface area contributed by atoms with Crippen molar-refractivity contribution in [1.29, 1.82) is 0 Å². The van der Waals surface area contributed by atoms with Crippen molar-refractivity contribution < 1.29 is 14.3 Å². The van der Waals surface area contributed by atoms with Crippen LogP contribution in [0.5, 0.6) is 0 Å². The van der Waals surface area contributed by atoms with E-state index in [1.807, 2.05) is 30.3 Å². The zero-order valence-corrected chi connectivity index (χ0v) is 12.4. The number of carbonyl (C=O) groups excluding carboxylic acids is 2. The Morgan fingerprint density at radius 3 is 2.71 bits per heavy atom. The molecule has 1 amide bonds. The smallest absolute Gasteiger partial charge is 0.325 e. The minimum absolute atomic E-state index is 0.000722. The van der Waals surface area contributed by atoms with Crippen molar-refractivity contribution in [2.45, 2.75) is 19.4 Å². The highest BCUT2D eigenvalue weighted by molar-refractivity contribution is 5.83. The molecule has 0 saturated carbocycles. The third-order valence-electron chi connectivity index (χ3n) is 3.72. The summed E-state index contributed by atoms with van der Waals surface area (Å²) >= 11 is 0. The van der Waals surface area contributed by atoms with Crippen molar-refractivity contribution in [3.63, 3.8) is 0 Å². The van der Waals surface area contributed by atoms with Gasteiger partial charge in [0.1, 0.15) is 6.54 Å². The van der Waals surface area contributed by atoms with Gasteiger partial charge in [-0.2, -0.15) is 0 Å². The van der Waals surface area contributed by atoms with Gasteiger partial charge in [-0.1, -0.05) is 30.3 Å². The molecule has 0 radical (unpaired) electrons. The average Bonchev–Trinajstić information content (AvgIpc) is 2.55. The average molecular weight is 290 g/mol. The first-order valence-corrected chi connectivity index (χ1v) is 7.31. The summed E-state index contributed by atoms with van der Waals surface area (Å²) in [5, 5.41) is 3.24. The van der Waals surface area contributed by atoms with E-state index in [0.29, 0.717) is 13.1 Å². The summed E-state index contributed by atoms with van der Waals surface area (Å²) in [7, 11) is 1.34. The molecule has 1 aliphatic rings. The van der Waals surface area contributed by atoms with Gasteiger partial charge in [0.15, 0.2) is 0 Å². The summed E-state index contributed by atoms with van der Waals surface area (Å²) in [5.41, 5.74) is 1.01. The largest absolute Gasteiger partial charge is 0.468 e. The van der Waals surface area contributed by atoms with Crippen LogP contribution in [0.25, 0.3) is 0 Å². The van der Waals surface area contributed by atoms with Crippen LogP contribution in [0.15, 0.2) is 30.3 Å². The molecular weight excluding hydrogens is 268 g/mol. The van der Waals surface area contributed by atoms with E-state index in [1.54, 1.807) is 4.90 Å². The van der Waals surface area contributed by atoms with E-state index in [-0.39, 0.29) is 24.3 Å². The van der Waals surface area contributed by atoms with Gasteiger partial charge in [0.25, 0.3) is 0 Å². The number of benzene rings is 1. The minimum Gasteiger partial charge on any atom is -0.468 e. The molecule has 1 aliphatic heterocycles. The summed E-state index contributed by atoms with van der Waals surface area (Å²) in [4.78, 5) is 25.8. The summed E-state index contributed by atoms with van der Waals surface area (Å²) < 4.78 is 4.71. The van der Waals surface area contributed by atoms with Crippen LogP contribution in [0.1, 0.15) is 18.4 Å². The van der Waals surface area contributed by atoms with E-state index in [1.165, 1.54) is 7.11 Å². The number of hydrogen-bond donors (Lipinski definition) is 1. The first-order valence-electron chi connectivity index (χ1n) is 7.31. The normalized spacial score (nSPS) is 18.0. The number of esters is 1. The second-order valence-corrected chi connectivity index (χ2v) is 5.30. The summed E-state index contributed by atoms with van der Waals surface area (Å²) in [6, 6.07) is 9.70. The lowest BCUT2D eigenvalue weighted by Gasteiger charge is -2.29. The van der Waals surface area contributed by atoms with Crippen LogP contribution in [-0.2, 0) is 20.9 Å². The van der Waals surface area contributed by atoms with Gasteiger partial charge in [-0.05, 0) is 24.9 Å². The number of carbonyl (C=O) groups is 2. The molecule has 1 N–H and O–H groups in total. The molecule has 0 spiro atoms. The van der Waals surface area contributed by atoms with Gasteiger partial charge >= 0.3 is 5.97 Å². The summed E-state index contributed by atoms with van der Waals surface area (Å²) in [5.74, 6) is -0.411. The maximum absolute atomic E-state index is 12.6. The molecule has 0 unspecified atom stereocenters. The lowest BCUT2D eigenvalue weighted by molar-refractivity contribution is -0.149. The third-order valence-corrected chi connectivity index (χ3v) is 3.72. The van der Waals surface area contributed by atoms with Crippen LogP contribution < -0.4 is 5.32 Å². The van der Waals surface area contributed by atoms with Crippen LogP contribution in [0.2, 0.25) is 0 Å². The molecular formula is C16H22N2O3. The zero-order chi connectivity index (χ0) is 15.1. The highest BCUT2D eigenvalue weighted by atomic mass is 16.5. The predicted octanol–water partition coefficient (Wildman–Crippen LogP) is 1.19. The van der Waals surface area contributed by atoms with Crippen molar-refractivity contribution in [3.8, 4) is 0 Å². The molecule has 21 heavy (non-hydrogen) atoms. The van der Waals surface area contributed by atoms with Gasteiger partial charge in [-0.25, -0.2) is 0 Å². The number of nitrogens with one attached hydrogen (secondary N) is 1. The molecule has 2 rings (SSSR count). The predicted molar refractivity (Wildman–Crippen MR) is 79.5 cm³/mol. The van der Waals surface area contributed by atoms with Gasteiger partial charge < -0.3 is 15.0 Å². The standard InChI is InChI=1S/C16H22N2O3/c1-21-15(19)12-18(11-13-6-3-2-4-7-13)16(20)14-8-5-9-17-10-14/h2-4,6-7,14,17H,5,8-12H2,1H3/t14-/m1/s1. The Hall–Kier alpha value is -1.88. The van der Waals surface area contributed by atoms with Crippen molar-refractivity contribution >= 4 is 11.9 Å². The third kappa shape index (κ3) is 4.56. The van der Waals surface area contributed by atoms with Gasteiger partial charge in [0.2, 0.25) is 5.91 Å². The molecule has 1 atom stereocenters. The van der Waals surface area contributed by atoms with Crippen LogP contribution >= 0.6 is 0 Å². The Kier molecular flexibility index (Phi) is 5.75. The Morgan fingerprint density at radius 1 is 1.33 bits per heavy atom. The number of rotatable bonds is 5. The second kappa shape index (κ2) is 7.78. The van der Waals surface area contributed by atoms with Crippen LogP contribution in [0.4, 0.5) is 0 Å². The van der Waals surface area contributed by atoms with Crippen LogP contribution in [0, 0.1) is 5.92 Å². The quantitative estimate of drug-likeness (QED) is 0.828. The number of amides is 1. The maximum Gasteiger partial charge on any atom is 0.325 e. The van der Waals surface area contributed by atoms with Gasteiger partial charge in [-0.3, -0.25) is 9.59 Å². The van der Waals surface area contributed by atoms with E-state index < -0.39 is 0 Å². The molecule has 1 heterocycles. The van der Waals surface area contributed by atoms with Crippen molar-refractivity contribution in [2.75, 3.05) is 26.7 Å². The molecule has 5 heteroatoms. The lowest BCUT2D eigenvalue weighted by Crippen LogP contribution is -2.44. The van der Waals surface area contributed by atoms with Crippen molar-refractivity contribution in [1.82, 2.24) is 10.2 Å². The molecule has 0 aromatic heterocycles. The number of methoxy groups -OCH3 is 1. The Morgan fingerprint density at radius 2 is 2.10 bits per heavy atom. The van der Waals surface area contributed by atoms with E-state index in [9.17, 15) is 9.59 Å². The topological polar surface area (TPSA) is 58.6 Å². The molecule has 1 fully saturated rings. The summed E-state index contributed by atoms with van der Waals surface area (Å²) in [6.07, 6.45) is 1.87. The molecule has 0 aliphatic carbocycles. The Labute approximate surface area is 125 Å². The van der Waals surface area contributed by atoms with E-state index in [4.69, 9.17) is 4.74 Å². The van der Waals surface area contributed by atoms with E-state index in [0.717, 1.165) is 24.9 Å². The van der Waals surface area contributed by atoms with Gasteiger partial charge in [-0.15, -0.1) is 0 Å². The monoisotopic (exact) mass is 290 g/mol. The number of hydrogen-bond acceptors (Lipinski definition) is 4.